The van der Waals surface area contributed by atoms with E-state index in [-0.39, 0.29) is 55.3 Å². The second kappa shape index (κ2) is 14.1. The molecule has 0 aromatic heterocycles. The van der Waals surface area contributed by atoms with Crippen LogP contribution in [0.5, 0.6) is 0 Å². The van der Waals surface area contributed by atoms with Crippen LogP contribution in [0, 0.1) is 20.9 Å². The van der Waals surface area contributed by atoms with E-state index in [1.54, 1.807) is 48.3 Å². The van der Waals surface area contributed by atoms with Gasteiger partial charge in [-0.2, -0.15) is 4.31 Å². The van der Waals surface area contributed by atoms with Gasteiger partial charge in [0, 0.05) is 73.8 Å². The van der Waals surface area contributed by atoms with Crippen molar-refractivity contribution in [2.75, 3.05) is 51.3 Å². The van der Waals surface area contributed by atoms with Gasteiger partial charge in [0.2, 0.25) is 15.8 Å². The van der Waals surface area contributed by atoms with Crippen molar-refractivity contribution >= 4 is 45.1 Å². The van der Waals surface area contributed by atoms with Crippen molar-refractivity contribution < 1.29 is 28.0 Å². The molecule has 0 atom stereocenters. The fourth-order valence-electron chi connectivity index (χ4n) is 4.96. The zero-order valence-corrected chi connectivity index (χ0v) is 26.4. The van der Waals surface area contributed by atoms with Gasteiger partial charge in [0.15, 0.2) is 0 Å². The highest BCUT2D eigenvalue weighted by molar-refractivity contribution is 7.88. The number of hydrogen-bond acceptors (Lipinski definition) is 9. The second-order valence-corrected chi connectivity index (χ2v) is 13.9. The van der Waals surface area contributed by atoms with Crippen LogP contribution in [0.1, 0.15) is 37.3 Å². The van der Waals surface area contributed by atoms with Crippen LogP contribution in [0.2, 0.25) is 5.02 Å². The molecule has 1 heterocycles. The fraction of sp³-hybridized carbons (Fsp3) is 0.467. The first-order valence-electron chi connectivity index (χ1n) is 14.4. The lowest BCUT2D eigenvalue weighted by Gasteiger charge is -2.36. The zero-order valence-electron chi connectivity index (χ0n) is 24.9. The molecule has 1 aliphatic carbocycles. The van der Waals surface area contributed by atoms with E-state index in [0.717, 1.165) is 19.1 Å². The third-order valence-corrected chi connectivity index (χ3v) is 10.1. The number of piperazine rings is 1. The van der Waals surface area contributed by atoms with Crippen LogP contribution in [0.15, 0.2) is 53.9 Å². The first kappa shape index (κ1) is 33.4. The zero-order chi connectivity index (χ0) is 32.1. The van der Waals surface area contributed by atoms with Gasteiger partial charge in [-0.15, -0.1) is 0 Å². The maximum absolute atomic E-state index is 13.7. The molecule has 0 radical (unpaired) electrons. The molecule has 1 saturated carbocycles. The summed E-state index contributed by atoms with van der Waals surface area (Å²) in [6, 6.07) is 11.2. The van der Waals surface area contributed by atoms with E-state index in [4.69, 9.17) is 26.9 Å². The van der Waals surface area contributed by atoms with Crippen LogP contribution < -0.4 is 4.90 Å². The molecule has 0 spiro atoms. The van der Waals surface area contributed by atoms with Crippen LogP contribution in [-0.2, 0) is 31.7 Å². The first-order valence-corrected chi connectivity index (χ1v) is 16.4. The van der Waals surface area contributed by atoms with Gasteiger partial charge >= 0.3 is 0 Å². The van der Waals surface area contributed by atoms with E-state index < -0.39 is 26.6 Å². The molecule has 2 aromatic carbocycles. The second-order valence-electron chi connectivity index (χ2n) is 11.5. The van der Waals surface area contributed by atoms with Gasteiger partial charge in [-0.3, -0.25) is 14.9 Å². The Bertz CT molecular complexity index is 1540. The average molecular weight is 648 g/mol. The number of aliphatic hydroxyl groups is 1. The Balaban J connectivity index is 1.51. The number of nitrogens with zero attached hydrogens (tertiary/aromatic N) is 4. The molecular weight excluding hydrogens is 610 g/mol. The van der Waals surface area contributed by atoms with Crippen LogP contribution in [0.25, 0.3) is 0 Å². The van der Waals surface area contributed by atoms with Crippen LogP contribution in [-0.4, -0.2) is 86.2 Å². The van der Waals surface area contributed by atoms with Crippen molar-refractivity contribution in [3.05, 3.63) is 80.2 Å². The van der Waals surface area contributed by atoms with Crippen molar-refractivity contribution in [1.82, 2.24) is 9.21 Å². The molecular formula is C30H38ClN5O7S. The normalized spacial score (nSPS) is 17.0. The third kappa shape index (κ3) is 8.14. The van der Waals surface area contributed by atoms with Gasteiger partial charge in [0.1, 0.15) is 5.70 Å². The number of benzene rings is 2. The van der Waals surface area contributed by atoms with Crippen molar-refractivity contribution in [1.29, 1.82) is 5.41 Å². The number of ether oxygens (including phenoxy) is 1. The lowest BCUT2D eigenvalue weighted by molar-refractivity contribution is -0.385. The molecule has 44 heavy (non-hydrogen) atoms. The van der Waals surface area contributed by atoms with Crippen molar-refractivity contribution in [2.45, 2.75) is 38.4 Å². The van der Waals surface area contributed by atoms with Gasteiger partial charge < -0.3 is 25.1 Å². The Morgan fingerprint density at radius 1 is 1.20 bits per heavy atom. The monoisotopic (exact) mass is 647 g/mol. The number of likely N-dealkylation sites (N-methyl/N-ethyl adjacent to an activating group) is 1. The number of nitro benzene ring substituents is 1. The number of nitrogens with one attached hydrogen (secondary N) is 1. The number of amides is 1. The van der Waals surface area contributed by atoms with Gasteiger partial charge in [-0.25, -0.2) is 8.42 Å². The smallest absolute Gasteiger partial charge is 0.295 e. The lowest BCUT2D eigenvalue weighted by atomic mass is 10.1. The molecule has 0 unspecified atom stereocenters. The number of carbonyl (C=O) groups excluding carboxylic acids is 1. The molecule has 4 rings (SSSR count). The number of nitro groups is 1. The summed E-state index contributed by atoms with van der Waals surface area (Å²) >= 11 is 6.14. The number of carbonyl (C=O) groups is 1. The predicted molar refractivity (Wildman–Crippen MR) is 168 cm³/mol. The number of halogens is 1. The van der Waals surface area contributed by atoms with Crippen LogP contribution >= 0.6 is 11.6 Å². The van der Waals surface area contributed by atoms with Gasteiger partial charge in [0.25, 0.3) is 11.6 Å². The summed E-state index contributed by atoms with van der Waals surface area (Å²) in [5, 5.41) is 29.3. The molecule has 2 aromatic rings. The minimum atomic E-state index is -3.82. The largest absolute Gasteiger partial charge is 0.486 e. The number of sulfonamides is 1. The quantitative estimate of drug-likeness (QED) is 0.103. The van der Waals surface area contributed by atoms with Gasteiger partial charge in [-0.1, -0.05) is 36.7 Å². The minimum Gasteiger partial charge on any atom is -0.486 e. The van der Waals surface area contributed by atoms with Crippen LogP contribution in [0.3, 0.4) is 0 Å². The van der Waals surface area contributed by atoms with E-state index in [1.165, 1.54) is 15.3 Å². The van der Waals surface area contributed by atoms with E-state index in [0.29, 0.717) is 41.3 Å². The molecule has 1 saturated heterocycles. The highest BCUT2D eigenvalue weighted by Crippen LogP contribution is 2.45. The Morgan fingerprint density at radius 2 is 1.91 bits per heavy atom. The Hall–Kier alpha value is -3.52. The summed E-state index contributed by atoms with van der Waals surface area (Å²) in [5.41, 5.74) is 1.35. The molecule has 12 nitrogen and oxygen atoms in total. The summed E-state index contributed by atoms with van der Waals surface area (Å²) in [6.07, 6.45) is 3.69. The van der Waals surface area contributed by atoms with Gasteiger partial charge in [0.05, 0.1) is 17.3 Å². The van der Waals surface area contributed by atoms with Crippen molar-refractivity contribution in [3.63, 3.8) is 0 Å². The number of allylic oxidation sites excluding steroid dienone is 1. The van der Waals surface area contributed by atoms with Gasteiger partial charge in [-0.05, 0) is 49.4 Å². The minimum absolute atomic E-state index is 0.0144. The number of anilines is 1. The molecule has 2 aliphatic rings. The summed E-state index contributed by atoms with van der Waals surface area (Å²) in [7, 11) is -2.22. The van der Waals surface area contributed by atoms with Crippen molar-refractivity contribution in [3.8, 4) is 0 Å². The Morgan fingerprint density at radius 3 is 2.50 bits per heavy atom. The third-order valence-electron chi connectivity index (χ3n) is 8.00. The van der Waals surface area contributed by atoms with E-state index in [2.05, 4.69) is 6.92 Å². The van der Waals surface area contributed by atoms with Crippen LogP contribution in [0.4, 0.5) is 11.4 Å². The number of hydrogen-bond donors (Lipinski definition) is 2. The predicted octanol–water partition coefficient (Wildman–Crippen LogP) is 3.96. The molecule has 238 valence electrons. The topological polar surface area (TPSA) is 157 Å². The summed E-state index contributed by atoms with van der Waals surface area (Å²) in [5.74, 6) is -0.841. The Kier molecular flexibility index (Phi) is 10.7. The van der Waals surface area contributed by atoms with E-state index in [9.17, 15) is 23.3 Å². The van der Waals surface area contributed by atoms with E-state index in [1.807, 2.05) is 0 Å². The average Bonchev–Trinajstić information content (AvgIpc) is 3.74. The molecule has 2 fully saturated rings. The molecule has 1 amide bonds. The maximum atomic E-state index is 13.7. The molecule has 1 aliphatic heterocycles. The fourth-order valence-corrected chi connectivity index (χ4v) is 6.65. The summed E-state index contributed by atoms with van der Waals surface area (Å²) in [6.45, 7) is 2.90. The molecule has 14 heteroatoms. The summed E-state index contributed by atoms with van der Waals surface area (Å²) in [4.78, 5) is 28.0. The molecule has 0 bridgehead atoms. The number of rotatable bonds is 14. The highest BCUT2D eigenvalue weighted by Gasteiger charge is 2.40. The Labute approximate surface area is 262 Å². The first-order chi connectivity index (χ1) is 20.9. The maximum Gasteiger partial charge on any atom is 0.295 e. The SMILES string of the molecule is CN(C(=O)/C(OCC1(C)CC1)=C(\C=N)N1CCN(S(=O)(=O)Cc2ccc(CCCO)c([N+](=O)[O-])c2)CC1)c1cccc(Cl)c1. The number of aryl methyl sites for hydroxylation is 1. The standard InChI is InChI=1S/C30H38ClN5O7S/c1-30(10-11-30)21-43-28(29(38)33(2)25-7-3-6-24(31)18-25)27(19-32)34-12-14-35(15-13-34)44(41,42)20-22-8-9-23(5-4-16-37)26(17-22)36(39)40/h3,6-9,17-19,32,37H,4-5,10-16,20-21H2,1-2H3/b28-27-,32-19?. The highest BCUT2D eigenvalue weighted by atomic mass is 35.5. The van der Waals surface area contributed by atoms with Crippen molar-refractivity contribution in [2.24, 2.45) is 5.41 Å². The summed E-state index contributed by atoms with van der Waals surface area (Å²) < 4.78 is 34.1. The molecule has 2 N–H and O–H groups in total. The number of aliphatic hydroxyl groups excluding tert-OH is 1. The van der Waals surface area contributed by atoms with E-state index >= 15 is 0 Å². The lowest BCUT2D eigenvalue weighted by Crippen LogP contribution is -2.49.